The van der Waals surface area contributed by atoms with Gasteiger partial charge in [-0.3, -0.25) is 5.01 Å². The molecular weight excluding hydrogens is 272 g/mol. The van der Waals surface area contributed by atoms with Crippen LogP contribution < -0.4 is 5.43 Å². The van der Waals surface area contributed by atoms with Gasteiger partial charge in [-0.15, -0.1) is 0 Å². The fraction of sp³-hybridized carbons (Fsp3) is 0.364. The number of ether oxygens (including phenoxy) is 1. The van der Waals surface area contributed by atoms with Gasteiger partial charge in [0.2, 0.25) is 0 Å². The molecule has 86 valence electrons. The van der Waals surface area contributed by atoms with E-state index in [0.29, 0.717) is 18.7 Å². The molecule has 0 saturated heterocycles. The minimum Gasteiger partial charge on any atom is -0.463 e. The monoisotopic (exact) mass is 284 g/mol. The molecule has 1 N–H and O–H groups in total. The Morgan fingerprint density at radius 3 is 3.06 bits per heavy atom. The van der Waals surface area contributed by atoms with E-state index in [1.54, 1.807) is 6.92 Å². The summed E-state index contributed by atoms with van der Waals surface area (Å²) < 4.78 is 5.92. The molecule has 0 fully saturated rings. The Kier molecular flexibility index (Phi) is 3.16. The van der Waals surface area contributed by atoms with E-state index < -0.39 is 0 Å². The van der Waals surface area contributed by atoms with Crippen LogP contribution in [0.25, 0.3) is 0 Å². The van der Waals surface area contributed by atoms with Crippen molar-refractivity contribution in [3.8, 4) is 0 Å². The number of esters is 1. The number of halogens is 1. The summed E-state index contributed by atoms with van der Waals surface area (Å²) in [6, 6.07) is 0. The SMILES string of the molecule is CCOC(=O)C1=C2C(Br)=CC=C(C)N2NC1. The van der Waals surface area contributed by atoms with Crippen LogP contribution in [-0.4, -0.2) is 24.1 Å². The lowest BCUT2D eigenvalue weighted by atomic mass is 10.1. The molecule has 0 radical (unpaired) electrons. The first kappa shape index (κ1) is 11.4. The highest BCUT2D eigenvalue weighted by molar-refractivity contribution is 9.12. The standard InChI is InChI=1S/C11H13BrN2O2/c1-3-16-11(15)8-6-13-14-7(2)4-5-9(12)10(8)14/h4-5,13H,3,6H2,1-2H3. The zero-order valence-electron chi connectivity index (χ0n) is 9.21. The van der Waals surface area contributed by atoms with Crippen molar-refractivity contribution in [3.05, 3.63) is 33.6 Å². The van der Waals surface area contributed by atoms with Gasteiger partial charge in [0.05, 0.1) is 17.9 Å². The fourth-order valence-corrected chi connectivity index (χ4v) is 2.29. The highest BCUT2D eigenvalue weighted by Gasteiger charge is 2.31. The van der Waals surface area contributed by atoms with Crippen LogP contribution in [0.1, 0.15) is 13.8 Å². The number of hydrogen-bond donors (Lipinski definition) is 1. The van der Waals surface area contributed by atoms with Gasteiger partial charge in [-0.1, -0.05) is 0 Å². The molecule has 0 aromatic carbocycles. The Morgan fingerprint density at radius 2 is 2.38 bits per heavy atom. The van der Waals surface area contributed by atoms with E-state index in [1.807, 2.05) is 24.1 Å². The van der Waals surface area contributed by atoms with Crippen molar-refractivity contribution >= 4 is 21.9 Å². The van der Waals surface area contributed by atoms with Gasteiger partial charge < -0.3 is 4.74 Å². The lowest BCUT2D eigenvalue weighted by molar-refractivity contribution is -0.138. The molecule has 0 spiro atoms. The summed E-state index contributed by atoms with van der Waals surface area (Å²) in [6.07, 6.45) is 3.92. The van der Waals surface area contributed by atoms with Crippen molar-refractivity contribution in [1.29, 1.82) is 0 Å². The molecule has 0 aliphatic carbocycles. The summed E-state index contributed by atoms with van der Waals surface area (Å²) >= 11 is 3.45. The minimum absolute atomic E-state index is 0.257. The summed E-state index contributed by atoms with van der Waals surface area (Å²) in [5.41, 5.74) is 5.72. The van der Waals surface area contributed by atoms with Gasteiger partial charge in [0.1, 0.15) is 0 Å². The predicted octanol–water partition coefficient (Wildman–Crippen LogP) is 1.82. The van der Waals surface area contributed by atoms with Gasteiger partial charge in [0.25, 0.3) is 0 Å². The average Bonchev–Trinajstić information content (AvgIpc) is 2.69. The topological polar surface area (TPSA) is 41.6 Å². The van der Waals surface area contributed by atoms with Crippen molar-refractivity contribution in [3.63, 3.8) is 0 Å². The van der Waals surface area contributed by atoms with Crippen LogP contribution in [0.5, 0.6) is 0 Å². The Hall–Kier alpha value is -1.07. The summed E-state index contributed by atoms with van der Waals surface area (Å²) in [7, 11) is 0. The zero-order valence-corrected chi connectivity index (χ0v) is 10.8. The smallest absolute Gasteiger partial charge is 0.337 e. The molecule has 0 aromatic heterocycles. The Labute approximate surface area is 103 Å². The van der Waals surface area contributed by atoms with Crippen LogP contribution >= 0.6 is 15.9 Å². The van der Waals surface area contributed by atoms with Gasteiger partial charge in [-0.05, 0) is 41.9 Å². The van der Waals surface area contributed by atoms with Gasteiger partial charge in [0.15, 0.2) is 0 Å². The molecule has 2 rings (SSSR count). The van der Waals surface area contributed by atoms with E-state index in [-0.39, 0.29) is 5.97 Å². The zero-order chi connectivity index (χ0) is 11.7. The van der Waals surface area contributed by atoms with Gasteiger partial charge in [-0.25, -0.2) is 10.2 Å². The number of nitrogens with zero attached hydrogens (tertiary/aromatic N) is 1. The number of carbonyl (C=O) groups is 1. The second-order valence-corrected chi connectivity index (χ2v) is 4.39. The molecule has 4 nitrogen and oxygen atoms in total. The lowest BCUT2D eigenvalue weighted by Gasteiger charge is -2.25. The fourth-order valence-electron chi connectivity index (χ4n) is 1.74. The van der Waals surface area contributed by atoms with E-state index in [4.69, 9.17) is 4.74 Å². The van der Waals surface area contributed by atoms with Crippen LogP contribution in [0, 0.1) is 0 Å². The van der Waals surface area contributed by atoms with E-state index in [1.165, 1.54) is 0 Å². The Morgan fingerprint density at radius 1 is 1.62 bits per heavy atom. The van der Waals surface area contributed by atoms with Crippen molar-refractivity contribution in [2.24, 2.45) is 0 Å². The normalized spacial score (nSPS) is 19.3. The highest BCUT2D eigenvalue weighted by Crippen LogP contribution is 2.33. The maximum Gasteiger partial charge on any atom is 0.337 e. The Balaban J connectivity index is 2.37. The molecule has 0 aromatic rings. The molecule has 0 atom stereocenters. The summed E-state index contributed by atoms with van der Waals surface area (Å²) in [5.74, 6) is -0.257. The van der Waals surface area contributed by atoms with Crippen LogP contribution in [0.15, 0.2) is 33.6 Å². The van der Waals surface area contributed by atoms with Gasteiger partial charge in [-0.2, -0.15) is 0 Å². The van der Waals surface area contributed by atoms with Crippen LogP contribution in [-0.2, 0) is 9.53 Å². The molecule has 16 heavy (non-hydrogen) atoms. The highest BCUT2D eigenvalue weighted by atomic mass is 79.9. The second kappa shape index (κ2) is 4.43. The first-order valence-corrected chi connectivity index (χ1v) is 5.92. The molecule has 0 bridgehead atoms. The summed E-state index contributed by atoms with van der Waals surface area (Å²) in [4.78, 5) is 11.7. The van der Waals surface area contributed by atoms with Gasteiger partial charge in [0, 0.05) is 16.7 Å². The lowest BCUT2D eigenvalue weighted by Crippen LogP contribution is -2.31. The molecular formula is C11H13BrN2O2. The molecule has 0 saturated carbocycles. The van der Waals surface area contributed by atoms with Crippen LogP contribution in [0.3, 0.4) is 0 Å². The number of hydrazine groups is 1. The third-order valence-corrected chi connectivity index (χ3v) is 3.13. The van der Waals surface area contributed by atoms with Crippen LogP contribution in [0.2, 0.25) is 0 Å². The average molecular weight is 285 g/mol. The van der Waals surface area contributed by atoms with E-state index in [9.17, 15) is 4.79 Å². The van der Waals surface area contributed by atoms with E-state index in [0.717, 1.165) is 15.9 Å². The molecule has 0 unspecified atom stereocenters. The molecule has 2 aliphatic heterocycles. The Bertz CT molecular complexity index is 424. The van der Waals surface area contributed by atoms with Crippen LogP contribution in [0.4, 0.5) is 0 Å². The first-order chi connectivity index (χ1) is 7.65. The van der Waals surface area contributed by atoms with Crippen molar-refractivity contribution < 1.29 is 9.53 Å². The number of allylic oxidation sites excluding steroid dienone is 4. The molecule has 2 aliphatic rings. The van der Waals surface area contributed by atoms with E-state index >= 15 is 0 Å². The summed E-state index contributed by atoms with van der Waals surface area (Å²) in [5, 5.41) is 1.90. The van der Waals surface area contributed by atoms with Crippen molar-refractivity contribution in [2.75, 3.05) is 13.2 Å². The number of rotatable bonds is 2. The maximum atomic E-state index is 11.7. The minimum atomic E-state index is -0.257. The van der Waals surface area contributed by atoms with Crippen molar-refractivity contribution in [1.82, 2.24) is 10.4 Å². The summed E-state index contributed by atoms with van der Waals surface area (Å²) in [6.45, 7) is 4.69. The number of nitrogens with one attached hydrogen (secondary N) is 1. The third kappa shape index (κ3) is 1.81. The van der Waals surface area contributed by atoms with E-state index in [2.05, 4.69) is 21.4 Å². The third-order valence-electron chi connectivity index (χ3n) is 2.50. The quantitative estimate of drug-likeness (QED) is 0.786. The second-order valence-electron chi connectivity index (χ2n) is 3.54. The van der Waals surface area contributed by atoms with Crippen molar-refractivity contribution in [2.45, 2.75) is 13.8 Å². The molecule has 5 heteroatoms. The molecule has 0 amide bonds. The number of fused-ring (bicyclic) bond motifs is 1. The largest absolute Gasteiger partial charge is 0.463 e. The number of hydrogen-bond acceptors (Lipinski definition) is 4. The predicted molar refractivity (Wildman–Crippen MR) is 64.3 cm³/mol. The molecule has 2 heterocycles. The number of carbonyl (C=O) groups excluding carboxylic acids is 1. The van der Waals surface area contributed by atoms with Gasteiger partial charge >= 0.3 is 5.97 Å². The maximum absolute atomic E-state index is 11.7. The first-order valence-electron chi connectivity index (χ1n) is 5.13.